The molecule has 22 heavy (non-hydrogen) atoms. The summed E-state index contributed by atoms with van der Waals surface area (Å²) in [6.07, 6.45) is -2.70. The predicted molar refractivity (Wildman–Crippen MR) is 72.8 cm³/mol. The third kappa shape index (κ3) is 1.99. The van der Waals surface area contributed by atoms with E-state index in [0.29, 0.717) is 5.52 Å². The number of halogens is 1. The lowest BCUT2D eigenvalue weighted by atomic mass is 9.98. The first-order valence-corrected chi connectivity index (χ1v) is 6.57. The standard InChI is InChI=1S/C12H16FN5O4/c1-12(20)7(13)5(3-19)22-10(12)18-4-15-6-8(18)16-11(14)17-9(6)21-2/h4-5,7,10,19-20H,3H2,1-2H3,(H2,14,16,17)/t5-,7-,10-,12+/m1/s1. The molecule has 3 heterocycles. The van der Waals surface area contributed by atoms with E-state index in [9.17, 15) is 9.50 Å². The first kappa shape index (κ1) is 14.9. The summed E-state index contributed by atoms with van der Waals surface area (Å²) < 4.78 is 26.0. The van der Waals surface area contributed by atoms with Crippen LogP contribution < -0.4 is 10.5 Å². The van der Waals surface area contributed by atoms with Gasteiger partial charge in [-0.1, -0.05) is 0 Å². The van der Waals surface area contributed by atoms with Crippen LogP contribution in [0.5, 0.6) is 5.88 Å². The lowest BCUT2D eigenvalue weighted by Crippen LogP contribution is -2.41. The summed E-state index contributed by atoms with van der Waals surface area (Å²) >= 11 is 0. The molecule has 10 heteroatoms. The third-order valence-corrected chi connectivity index (χ3v) is 3.72. The second-order valence-corrected chi connectivity index (χ2v) is 5.25. The Balaban J connectivity index is 2.13. The lowest BCUT2D eigenvalue weighted by Gasteiger charge is -2.26. The molecule has 1 aliphatic rings. The Labute approximate surface area is 124 Å². The molecule has 0 aromatic carbocycles. The third-order valence-electron chi connectivity index (χ3n) is 3.72. The number of fused-ring (bicyclic) bond motifs is 1. The lowest BCUT2D eigenvalue weighted by molar-refractivity contribution is -0.0892. The number of aliphatic hydroxyl groups is 2. The Kier molecular flexibility index (Phi) is 3.38. The smallest absolute Gasteiger partial charge is 0.246 e. The first-order valence-electron chi connectivity index (χ1n) is 6.57. The fourth-order valence-corrected chi connectivity index (χ4v) is 2.59. The summed E-state index contributed by atoms with van der Waals surface area (Å²) in [4.78, 5) is 12.0. The van der Waals surface area contributed by atoms with Gasteiger partial charge in [0.25, 0.3) is 0 Å². The van der Waals surface area contributed by atoms with E-state index >= 15 is 0 Å². The van der Waals surface area contributed by atoms with Crippen molar-refractivity contribution in [3.8, 4) is 5.88 Å². The van der Waals surface area contributed by atoms with Crippen molar-refractivity contribution >= 4 is 17.1 Å². The van der Waals surface area contributed by atoms with Gasteiger partial charge in [-0.25, -0.2) is 9.37 Å². The van der Waals surface area contributed by atoms with Gasteiger partial charge in [0.1, 0.15) is 11.7 Å². The number of methoxy groups -OCH3 is 1. The molecular formula is C12H16FN5O4. The van der Waals surface area contributed by atoms with Gasteiger partial charge in [-0.15, -0.1) is 0 Å². The zero-order valence-electron chi connectivity index (χ0n) is 12.0. The van der Waals surface area contributed by atoms with Crippen LogP contribution in [0, 0.1) is 0 Å². The van der Waals surface area contributed by atoms with Crippen LogP contribution in [-0.4, -0.2) is 61.3 Å². The largest absolute Gasteiger partial charge is 0.479 e. The maximum Gasteiger partial charge on any atom is 0.246 e. The summed E-state index contributed by atoms with van der Waals surface area (Å²) in [5.41, 5.74) is 4.29. The molecule has 0 radical (unpaired) electrons. The minimum Gasteiger partial charge on any atom is -0.479 e. The van der Waals surface area contributed by atoms with Gasteiger partial charge < -0.3 is 25.4 Å². The molecule has 0 aliphatic carbocycles. The van der Waals surface area contributed by atoms with Gasteiger partial charge in [-0.05, 0) is 6.92 Å². The molecule has 0 unspecified atom stereocenters. The molecule has 9 nitrogen and oxygen atoms in total. The quantitative estimate of drug-likeness (QED) is 0.685. The Hall–Kier alpha value is -2.04. The molecule has 0 saturated carbocycles. The van der Waals surface area contributed by atoms with Crippen LogP contribution in [-0.2, 0) is 4.74 Å². The monoisotopic (exact) mass is 313 g/mol. The topological polar surface area (TPSA) is 129 Å². The Morgan fingerprint density at radius 1 is 1.55 bits per heavy atom. The van der Waals surface area contributed by atoms with Gasteiger partial charge in [-0.3, -0.25) is 4.57 Å². The zero-order valence-corrected chi connectivity index (χ0v) is 12.0. The number of ether oxygens (including phenoxy) is 2. The second kappa shape index (κ2) is 5.00. The summed E-state index contributed by atoms with van der Waals surface area (Å²) in [5.74, 6) is 0.105. The van der Waals surface area contributed by atoms with Gasteiger partial charge in [0.2, 0.25) is 11.8 Å². The predicted octanol–water partition coefficient (Wildman–Crippen LogP) is -0.604. The van der Waals surface area contributed by atoms with Gasteiger partial charge in [0, 0.05) is 0 Å². The summed E-state index contributed by atoms with van der Waals surface area (Å²) in [6, 6.07) is 0. The van der Waals surface area contributed by atoms with E-state index in [1.54, 1.807) is 0 Å². The maximum absolute atomic E-state index is 14.2. The average Bonchev–Trinajstić information content (AvgIpc) is 2.98. The van der Waals surface area contributed by atoms with Crippen LogP contribution >= 0.6 is 0 Å². The number of imidazole rings is 1. The number of aliphatic hydroxyl groups excluding tert-OH is 1. The highest BCUT2D eigenvalue weighted by Gasteiger charge is 2.54. The van der Waals surface area contributed by atoms with E-state index in [0.717, 1.165) is 0 Å². The number of anilines is 1. The Morgan fingerprint density at radius 3 is 2.86 bits per heavy atom. The van der Waals surface area contributed by atoms with Crippen LogP contribution in [0.1, 0.15) is 13.2 Å². The van der Waals surface area contributed by atoms with Crippen LogP contribution in [0.2, 0.25) is 0 Å². The SMILES string of the molecule is COc1nc(N)nc2c1ncn2[C@@H]1O[C@H](CO)[C@@H](F)[C@]1(C)O. The minimum atomic E-state index is -1.87. The zero-order chi connectivity index (χ0) is 16.1. The van der Waals surface area contributed by atoms with Crippen molar-refractivity contribution < 1.29 is 24.1 Å². The summed E-state index contributed by atoms with van der Waals surface area (Å²) in [6.45, 7) is 0.729. The van der Waals surface area contributed by atoms with E-state index in [1.165, 1.54) is 24.9 Å². The summed E-state index contributed by atoms with van der Waals surface area (Å²) in [5, 5.41) is 19.5. The van der Waals surface area contributed by atoms with Crippen molar-refractivity contribution in [1.29, 1.82) is 0 Å². The fraction of sp³-hybridized carbons (Fsp3) is 0.583. The van der Waals surface area contributed by atoms with E-state index in [1.807, 2.05) is 0 Å². The molecular weight excluding hydrogens is 297 g/mol. The molecule has 0 bridgehead atoms. The first-order chi connectivity index (χ1) is 10.4. The van der Waals surface area contributed by atoms with Gasteiger partial charge in [-0.2, -0.15) is 9.97 Å². The highest BCUT2D eigenvalue weighted by Crippen LogP contribution is 2.41. The van der Waals surface area contributed by atoms with E-state index < -0.39 is 30.7 Å². The number of nitrogens with zero attached hydrogens (tertiary/aromatic N) is 4. The van der Waals surface area contributed by atoms with E-state index in [4.69, 9.17) is 20.3 Å². The minimum absolute atomic E-state index is 0.0563. The van der Waals surface area contributed by atoms with Crippen molar-refractivity contribution in [3.05, 3.63) is 6.33 Å². The van der Waals surface area contributed by atoms with Crippen LogP contribution in [0.3, 0.4) is 0 Å². The summed E-state index contributed by atoms with van der Waals surface area (Å²) in [7, 11) is 1.40. The van der Waals surface area contributed by atoms with Crippen molar-refractivity contribution in [3.63, 3.8) is 0 Å². The molecule has 2 aromatic rings. The molecule has 120 valence electrons. The van der Waals surface area contributed by atoms with Gasteiger partial charge in [0.15, 0.2) is 23.6 Å². The average molecular weight is 313 g/mol. The molecule has 1 saturated heterocycles. The van der Waals surface area contributed by atoms with Crippen LogP contribution in [0.25, 0.3) is 11.2 Å². The highest BCUT2D eigenvalue weighted by molar-refractivity contribution is 5.77. The van der Waals surface area contributed by atoms with Gasteiger partial charge >= 0.3 is 0 Å². The number of hydrogen-bond donors (Lipinski definition) is 3. The van der Waals surface area contributed by atoms with E-state index in [2.05, 4.69) is 15.0 Å². The number of nitrogens with two attached hydrogens (primary N) is 1. The number of aromatic nitrogens is 4. The Bertz CT molecular complexity index is 706. The molecule has 3 rings (SSSR count). The van der Waals surface area contributed by atoms with Gasteiger partial charge in [0.05, 0.1) is 20.0 Å². The molecule has 0 spiro atoms. The molecule has 4 N–H and O–H groups in total. The number of alkyl halides is 1. The van der Waals surface area contributed by atoms with E-state index in [-0.39, 0.29) is 17.5 Å². The van der Waals surface area contributed by atoms with Crippen molar-refractivity contribution in [2.45, 2.75) is 31.0 Å². The van der Waals surface area contributed by atoms with Crippen LogP contribution in [0.15, 0.2) is 6.33 Å². The fourth-order valence-electron chi connectivity index (χ4n) is 2.59. The maximum atomic E-state index is 14.2. The Morgan fingerprint density at radius 2 is 2.27 bits per heavy atom. The molecule has 2 aromatic heterocycles. The second-order valence-electron chi connectivity index (χ2n) is 5.25. The number of hydrogen-bond acceptors (Lipinski definition) is 8. The van der Waals surface area contributed by atoms with Crippen molar-refractivity contribution in [2.24, 2.45) is 0 Å². The molecule has 0 amide bonds. The normalized spacial score (nSPS) is 31.8. The van der Waals surface area contributed by atoms with Crippen LogP contribution in [0.4, 0.5) is 10.3 Å². The number of nitrogen functional groups attached to an aromatic ring is 1. The van der Waals surface area contributed by atoms with Crippen molar-refractivity contribution in [2.75, 3.05) is 19.5 Å². The molecule has 1 fully saturated rings. The van der Waals surface area contributed by atoms with Crippen molar-refractivity contribution in [1.82, 2.24) is 19.5 Å². The number of rotatable bonds is 3. The molecule has 1 aliphatic heterocycles. The molecule has 4 atom stereocenters. The highest BCUT2D eigenvalue weighted by atomic mass is 19.1.